The Bertz CT molecular complexity index is 691. The zero-order valence-corrected chi connectivity index (χ0v) is 13.9. The molecule has 2 N–H and O–H groups in total. The van der Waals surface area contributed by atoms with Crippen LogP contribution in [0.2, 0.25) is 0 Å². The Labute approximate surface area is 142 Å². The fraction of sp³-hybridized carbons (Fsp3) is 0.368. The van der Waals surface area contributed by atoms with Crippen molar-refractivity contribution in [1.29, 1.82) is 0 Å². The van der Waals surface area contributed by atoms with Crippen molar-refractivity contribution in [3.05, 3.63) is 59.9 Å². The number of carbonyl (C=O) groups excluding carboxylic acids is 1. The number of urea groups is 1. The van der Waals surface area contributed by atoms with Gasteiger partial charge in [0.25, 0.3) is 0 Å². The number of aromatic nitrogens is 2. The van der Waals surface area contributed by atoms with Crippen LogP contribution in [-0.2, 0) is 6.54 Å². The highest BCUT2D eigenvalue weighted by Gasteiger charge is 2.06. The van der Waals surface area contributed by atoms with Gasteiger partial charge in [-0.2, -0.15) is 5.10 Å². The summed E-state index contributed by atoms with van der Waals surface area (Å²) >= 11 is 0. The van der Waals surface area contributed by atoms with E-state index in [-0.39, 0.29) is 6.03 Å². The maximum absolute atomic E-state index is 12.0. The van der Waals surface area contributed by atoms with Crippen molar-refractivity contribution in [1.82, 2.24) is 15.1 Å². The van der Waals surface area contributed by atoms with E-state index in [1.165, 1.54) is 31.3 Å². The summed E-state index contributed by atoms with van der Waals surface area (Å²) < 4.78 is 1.86. The lowest BCUT2D eigenvalue weighted by Crippen LogP contribution is -2.29. The Kier molecular flexibility index (Phi) is 5.66. The maximum Gasteiger partial charge on any atom is 0.319 e. The monoisotopic (exact) mass is 324 g/mol. The number of benzene rings is 1. The fourth-order valence-corrected chi connectivity index (χ4v) is 2.97. The van der Waals surface area contributed by atoms with Crippen molar-refractivity contribution >= 4 is 11.7 Å². The van der Waals surface area contributed by atoms with Crippen molar-refractivity contribution in [2.24, 2.45) is 0 Å². The summed E-state index contributed by atoms with van der Waals surface area (Å²) in [7, 11) is 0. The Morgan fingerprint density at radius 3 is 3.00 bits per heavy atom. The average molecular weight is 324 g/mol. The van der Waals surface area contributed by atoms with Crippen LogP contribution < -0.4 is 10.6 Å². The van der Waals surface area contributed by atoms with Crippen LogP contribution in [0.25, 0.3) is 0 Å². The normalized spacial score (nSPS) is 14.1. The molecule has 0 saturated carbocycles. The van der Waals surface area contributed by atoms with Gasteiger partial charge in [0.15, 0.2) is 0 Å². The molecular weight excluding hydrogens is 300 g/mol. The highest BCUT2D eigenvalue weighted by atomic mass is 16.2. The molecule has 0 atom stereocenters. The molecule has 0 bridgehead atoms. The first kappa shape index (κ1) is 16.3. The van der Waals surface area contributed by atoms with Gasteiger partial charge in [-0.3, -0.25) is 4.68 Å². The molecule has 0 spiro atoms. The zero-order chi connectivity index (χ0) is 16.6. The van der Waals surface area contributed by atoms with Gasteiger partial charge in [-0.1, -0.05) is 23.8 Å². The van der Waals surface area contributed by atoms with Gasteiger partial charge in [0.05, 0.1) is 6.54 Å². The Balaban J connectivity index is 1.46. The SMILES string of the molecule is O=C(NCCC1=CCCCC1)Nc1cccc(Cn2cccn2)c1. The van der Waals surface area contributed by atoms with Crippen LogP contribution in [0.15, 0.2) is 54.4 Å². The summed E-state index contributed by atoms with van der Waals surface area (Å²) in [6.45, 7) is 1.38. The number of hydrogen-bond acceptors (Lipinski definition) is 2. The molecular formula is C19H24N4O. The molecule has 0 unspecified atom stereocenters. The molecule has 2 aromatic rings. The standard InChI is InChI=1S/C19H24N4O/c24-19(20-12-10-16-6-2-1-3-7-16)22-18-9-4-8-17(14-18)15-23-13-5-11-21-23/h4-6,8-9,11,13-14H,1-3,7,10,12,15H2,(H2,20,22,24). The lowest BCUT2D eigenvalue weighted by atomic mass is 9.97. The second-order valence-electron chi connectivity index (χ2n) is 6.14. The third kappa shape index (κ3) is 4.98. The van der Waals surface area contributed by atoms with Gasteiger partial charge in [0.1, 0.15) is 0 Å². The molecule has 1 heterocycles. The lowest BCUT2D eigenvalue weighted by Gasteiger charge is -2.13. The number of hydrogen-bond donors (Lipinski definition) is 2. The largest absolute Gasteiger partial charge is 0.338 e. The number of carbonyl (C=O) groups is 1. The first-order chi connectivity index (χ1) is 11.8. The van der Waals surface area contributed by atoms with Crippen LogP contribution in [0.4, 0.5) is 10.5 Å². The van der Waals surface area contributed by atoms with Crippen LogP contribution in [-0.4, -0.2) is 22.4 Å². The molecule has 1 aromatic carbocycles. The lowest BCUT2D eigenvalue weighted by molar-refractivity contribution is 0.252. The first-order valence-electron chi connectivity index (χ1n) is 8.59. The van der Waals surface area contributed by atoms with Gasteiger partial charge in [-0.15, -0.1) is 0 Å². The maximum atomic E-state index is 12.0. The second kappa shape index (κ2) is 8.34. The second-order valence-corrected chi connectivity index (χ2v) is 6.14. The van der Waals surface area contributed by atoms with E-state index in [2.05, 4.69) is 21.8 Å². The number of anilines is 1. The van der Waals surface area contributed by atoms with E-state index in [0.29, 0.717) is 13.1 Å². The van der Waals surface area contributed by atoms with E-state index in [4.69, 9.17) is 0 Å². The van der Waals surface area contributed by atoms with E-state index in [1.54, 1.807) is 6.20 Å². The Morgan fingerprint density at radius 2 is 2.21 bits per heavy atom. The smallest absolute Gasteiger partial charge is 0.319 e. The van der Waals surface area contributed by atoms with Gasteiger partial charge in [-0.25, -0.2) is 4.79 Å². The van der Waals surface area contributed by atoms with Crippen LogP contribution in [0.3, 0.4) is 0 Å². The summed E-state index contributed by atoms with van der Waals surface area (Å²) in [5.74, 6) is 0. The molecule has 0 radical (unpaired) electrons. The van der Waals surface area contributed by atoms with Crippen LogP contribution >= 0.6 is 0 Å². The van der Waals surface area contributed by atoms with Crippen molar-refractivity contribution < 1.29 is 4.79 Å². The van der Waals surface area contributed by atoms with E-state index in [0.717, 1.165) is 17.7 Å². The highest BCUT2D eigenvalue weighted by molar-refractivity contribution is 5.89. The Morgan fingerprint density at radius 1 is 1.25 bits per heavy atom. The van der Waals surface area contributed by atoms with E-state index >= 15 is 0 Å². The van der Waals surface area contributed by atoms with Crippen molar-refractivity contribution in [3.63, 3.8) is 0 Å². The first-order valence-corrected chi connectivity index (χ1v) is 8.59. The van der Waals surface area contributed by atoms with Gasteiger partial charge in [0.2, 0.25) is 0 Å². The van der Waals surface area contributed by atoms with Crippen molar-refractivity contribution in [2.75, 3.05) is 11.9 Å². The summed E-state index contributed by atoms with van der Waals surface area (Å²) in [5.41, 5.74) is 3.38. The number of amides is 2. The number of nitrogens with one attached hydrogen (secondary N) is 2. The van der Waals surface area contributed by atoms with Crippen LogP contribution in [0, 0.1) is 0 Å². The number of allylic oxidation sites excluding steroid dienone is 1. The van der Waals surface area contributed by atoms with Gasteiger partial charge >= 0.3 is 6.03 Å². The number of nitrogens with zero attached hydrogens (tertiary/aromatic N) is 2. The van der Waals surface area contributed by atoms with Crippen LogP contribution in [0.1, 0.15) is 37.7 Å². The molecule has 126 valence electrons. The van der Waals surface area contributed by atoms with Gasteiger partial charge < -0.3 is 10.6 Å². The third-order valence-electron chi connectivity index (χ3n) is 4.21. The molecule has 0 fully saturated rings. The molecule has 24 heavy (non-hydrogen) atoms. The molecule has 3 rings (SSSR count). The van der Waals surface area contributed by atoms with E-state index < -0.39 is 0 Å². The van der Waals surface area contributed by atoms with E-state index in [1.807, 2.05) is 41.2 Å². The quantitative estimate of drug-likeness (QED) is 0.791. The topological polar surface area (TPSA) is 59.0 Å². The van der Waals surface area contributed by atoms with Crippen molar-refractivity contribution in [3.8, 4) is 0 Å². The molecule has 0 saturated heterocycles. The highest BCUT2D eigenvalue weighted by Crippen LogP contribution is 2.19. The Hall–Kier alpha value is -2.56. The average Bonchev–Trinajstić information content (AvgIpc) is 3.09. The minimum Gasteiger partial charge on any atom is -0.338 e. The van der Waals surface area contributed by atoms with Crippen molar-refractivity contribution in [2.45, 2.75) is 38.6 Å². The predicted octanol–water partition coefficient (Wildman–Crippen LogP) is 3.94. The summed E-state index contributed by atoms with van der Waals surface area (Å²) in [6.07, 6.45) is 11.9. The van der Waals surface area contributed by atoms with Gasteiger partial charge in [-0.05, 0) is 55.9 Å². The minimum atomic E-state index is -0.150. The molecule has 0 aliphatic heterocycles. The number of rotatable bonds is 6. The summed E-state index contributed by atoms with van der Waals surface area (Å²) in [6, 6.07) is 9.60. The molecule has 1 aromatic heterocycles. The zero-order valence-electron chi connectivity index (χ0n) is 13.9. The summed E-state index contributed by atoms with van der Waals surface area (Å²) in [4.78, 5) is 12.0. The molecule has 2 amide bonds. The minimum absolute atomic E-state index is 0.150. The van der Waals surface area contributed by atoms with Crippen LogP contribution in [0.5, 0.6) is 0 Å². The molecule has 1 aliphatic rings. The molecule has 5 heteroatoms. The fourth-order valence-electron chi connectivity index (χ4n) is 2.97. The third-order valence-corrected chi connectivity index (χ3v) is 4.21. The predicted molar refractivity (Wildman–Crippen MR) is 96.0 cm³/mol. The van der Waals surface area contributed by atoms with E-state index in [9.17, 15) is 4.79 Å². The summed E-state index contributed by atoms with van der Waals surface area (Å²) in [5, 5.41) is 10.0. The molecule has 1 aliphatic carbocycles. The molecule has 5 nitrogen and oxygen atoms in total. The van der Waals surface area contributed by atoms with Gasteiger partial charge in [0, 0.05) is 24.6 Å².